The maximum Gasteiger partial charge on any atom is 0.338 e. The topological polar surface area (TPSA) is 68.0 Å². The zero-order chi connectivity index (χ0) is 12.2. The molecule has 0 unspecified atom stereocenters. The van der Waals surface area contributed by atoms with Crippen LogP contribution in [0.4, 0.5) is 8.78 Å². The molecule has 7 heteroatoms. The van der Waals surface area contributed by atoms with Crippen LogP contribution in [0.2, 0.25) is 0 Å². The minimum Gasteiger partial charge on any atom is -0.478 e. The number of fused-ring (bicyclic) bond motifs is 1. The van der Waals surface area contributed by atoms with Gasteiger partial charge in [0.25, 0.3) is 0 Å². The average molecular weight is 239 g/mol. The highest BCUT2D eigenvalue weighted by Gasteiger charge is 2.30. The molecule has 0 radical (unpaired) electrons. The number of aromatic nitrogens is 3. The number of hydrogen-bond acceptors (Lipinski definition) is 3. The first-order valence-corrected chi connectivity index (χ1v) is 5.05. The molecule has 0 saturated heterocycles. The molecule has 0 bridgehead atoms. The third-order valence-corrected chi connectivity index (χ3v) is 2.76. The van der Waals surface area contributed by atoms with Gasteiger partial charge in [0.15, 0.2) is 11.6 Å². The number of aromatic carboxylic acids is 1. The summed E-state index contributed by atoms with van der Waals surface area (Å²) in [4.78, 5) is 10.7. The van der Waals surface area contributed by atoms with Crippen molar-refractivity contribution >= 4 is 17.0 Å². The van der Waals surface area contributed by atoms with Crippen molar-refractivity contribution in [2.75, 3.05) is 0 Å². The molecule has 88 valence electrons. The van der Waals surface area contributed by atoms with Crippen LogP contribution in [0.3, 0.4) is 0 Å². The second-order valence-electron chi connectivity index (χ2n) is 3.99. The van der Waals surface area contributed by atoms with E-state index < -0.39 is 23.2 Å². The van der Waals surface area contributed by atoms with E-state index >= 15 is 0 Å². The second kappa shape index (κ2) is 3.22. The Bertz CT molecular complexity index is 634. The zero-order valence-corrected chi connectivity index (χ0v) is 8.52. The van der Waals surface area contributed by atoms with E-state index in [2.05, 4.69) is 10.3 Å². The lowest BCUT2D eigenvalue weighted by Gasteiger charge is -2.02. The van der Waals surface area contributed by atoms with E-state index in [1.807, 2.05) is 0 Å². The predicted octanol–water partition coefficient (Wildman–Crippen LogP) is 1.74. The van der Waals surface area contributed by atoms with Crippen LogP contribution >= 0.6 is 0 Å². The summed E-state index contributed by atoms with van der Waals surface area (Å²) in [5.74, 6) is -4.09. The molecule has 1 aliphatic carbocycles. The normalized spacial score (nSPS) is 15.4. The lowest BCUT2D eigenvalue weighted by atomic mass is 10.1. The molecule has 1 aromatic heterocycles. The van der Waals surface area contributed by atoms with Gasteiger partial charge >= 0.3 is 5.97 Å². The molecule has 1 heterocycles. The summed E-state index contributed by atoms with van der Waals surface area (Å²) < 4.78 is 28.6. The molecule has 3 rings (SSSR count). The van der Waals surface area contributed by atoms with Gasteiger partial charge in [0.1, 0.15) is 16.6 Å². The molecule has 5 nitrogen and oxygen atoms in total. The van der Waals surface area contributed by atoms with E-state index in [1.54, 1.807) is 0 Å². The third kappa shape index (κ3) is 1.38. The molecule has 17 heavy (non-hydrogen) atoms. The van der Waals surface area contributed by atoms with Crippen LogP contribution in [0.1, 0.15) is 29.2 Å². The predicted molar refractivity (Wildman–Crippen MR) is 52.7 cm³/mol. The Balaban J connectivity index is 2.33. The van der Waals surface area contributed by atoms with Crippen molar-refractivity contribution in [1.82, 2.24) is 15.0 Å². The van der Waals surface area contributed by atoms with Crippen LogP contribution in [0.5, 0.6) is 0 Å². The molecule has 1 fully saturated rings. The van der Waals surface area contributed by atoms with Gasteiger partial charge in [0, 0.05) is 0 Å². The molecule has 0 atom stereocenters. The van der Waals surface area contributed by atoms with E-state index in [9.17, 15) is 13.6 Å². The van der Waals surface area contributed by atoms with Crippen LogP contribution in [0, 0.1) is 11.6 Å². The molecule has 1 saturated carbocycles. The standard InChI is InChI=1S/C10H7F2N3O2/c11-7-5(10(16)17)3-6-9(8(7)12)15(14-13-6)4-1-2-4/h3-4H,1-2H2,(H,16,17). The van der Waals surface area contributed by atoms with Crippen LogP contribution < -0.4 is 0 Å². The Labute approximate surface area is 93.6 Å². The maximum atomic E-state index is 13.8. The Morgan fingerprint density at radius 2 is 2.12 bits per heavy atom. The summed E-state index contributed by atoms with van der Waals surface area (Å²) in [6.45, 7) is 0. The number of halogens is 2. The fraction of sp³-hybridized carbons (Fsp3) is 0.300. The highest BCUT2D eigenvalue weighted by Crippen LogP contribution is 2.37. The zero-order valence-electron chi connectivity index (χ0n) is 8.52. The highest BCUT2D eigenvalue weighted by molar-refractivity contribution is 5.92. The van der Waals surface area contributed by atoms with Crippen molar-refractivity contribution in [2.45, 2.75) is 18.9 Å². The monoisotopic (exact) mass is 239 g/mol. The second-order valence-corrected chi connectivity index (χ2v) is 3.99. The Kier molecular flexibility index (Phi) is 1.92. The maximum absolute atomic E-state index is 13.8. The van der Waals surface area contributed by atoms with E-state index in [0.717, 1.165) is 18.9 Å². The summed E-state index contributed by atoms with van der Waals surface area (Å²) in [6.07, 6.45) is 1.69. The number of benzene rings is 1. The van der Waals surface area contributed by atoms with Gasteiger partial charge in [-0.15, -0.1) is 5.10 Å². The molecule has 0 spiro atoms. The lowest BCUT2D eigenvalue weighted by Crippen LogP contribution is -2.05. The summed E-state index contributed by atoms with van der Waals surface area (Å²) in [6, 6.07) is 1.05. The number of nitrogens with zero attached hydrogens (tertiary/aromatic N) is 3. The molecule has 1 aromatic carbocycles. The van der Waals surface area contributed by atoms with Gasteiger partial charge in [0.2, 0.25) is 0 Å². The highest BCUT2D eigenvalue weighted by atomic mass is 19.2. The van der Waals surface area contributed by atoms with Crippen molar-refractivity contribution in [3.8, 4) is 0 Å². The van der Waals surface area contributed by atoms with E-state index in [0.29, 0.717) is 0 Å². The quantitative estimate of drug-likeness (QED) is 0.866. The third-order valence-electron chi connectivity index (χ3n) is 2.76. The SMILES string of the molecule is O=C(O)c1cc2nnn(C3CC3)c2c(F)c1F. The molecule has 0 aliphatic heterocycles. The Morgan fingerprint density at radius 1 is 1.41 bits per heavy atom. The summed E-state index contributed by atoms with van der Waals surface area (Å²) in [5.41, 5.74) is -0.721. The first kappa shape index (κ1) is 10.1. The molecule has 0 amide bonds. The van der Waals surface area contributed by atoms with Crippen molar-refractivity contribution in [1.29, 1.82) is 0 Å². The average Bonchev–Trinajstić information content (AvgIpc) is 3.03. The summed E-state index contributed by atoms with van der Waals surface area (Å²) in [5, 5.41) is 16.1. The Hall–Kier alpha value is -2.05. The van der Waals surface area contributed by atoms with Gasteiger partial charge in [-0.05, 0) is 18.9 Å². The molecule has 1 N–H and O–H groups in total. The number of carboxylic acid groups (broad SMARTS) is 1. The smallest absolute Gasteiger partial charge is 0.338 e. The number of rotatable bonds is 2. The first-order chi connectivity index (χ1) is 8.09. The number of carbonyl (C=O) groups is 1. The van der Waals surface area contributed by atoms with Gasteiger partial charge in [-0.3, -0.25) is 0 Å². The van der Waals surface area contributed by atoms with Gasteiger partial charge in [-0.2, -0.15) is 0 Å². The van der Waals surface area contributed by atoms with Crippen LogP contribution in [0.25, 0.3) is 11.0 Å². The molecule has 1 aliphatic rings. The summed E-state index contributed by atoms with van der Waals surface area (Å²) in [7, 11) is 0. The van der Waals surface area contributed by atoms with Crippen molar-refractivity contribution in [2.24, 2.45) is 0 Å². The first-order valence-electron chi connectivity index (χ1n) is 5.05. The molecular weight excluding hydrogens is 232 g/mol. The van der Waals surface area contributed by atoms with E-state index in [1.165, 1.54) is 4.68 Å². The summed E-state index contributed by atoms with van der Waals surface area (Å²) >= 11 is 0. The van der Waals surface area contributed by atoms with E-state index in [4.69, 9.17) is 5.11 Å². The van der Waals surface area contributed by atoms with Gasteiger partial charge in [0.05, 0.1) is 6.04 Å². The van der Waals surface area contributed by atoms with Gasteiger partial charge < -0.3 is 5.11 Å². The minimum atomic E-state index is -1.52. The Morgan fingerprint density at radius 3 is 2.71 bits per heavy atom. The molecule has 2 aromatic rings. The van der Waals surface area contributed by atoms with Crippen LogP contribution in [-0.4, -0.2) is 26.1 Å². The minimum absolute atomic E-state index is 0.0459. The van der Waals surface area contributed by atoms with Crippen molar-refractivity contribution in [3.63, 3.8) is 0 Å². The largest absolute Gasteiger partial charge is 0.478 e. The number of carboxylic acids is 1. The number of hydrogen-bond donors (Lipinski definition) is 1. The van der Waals surface area contributed by atoms with Crippen LogP contribution in [-0.2, 0) is 0 Å². The lowest BCUT2D eigenvalue weighted by molar-refractivity contribution is 0.0691. The van der Waals surface area contributed by atoms with Gasteiger partial charge in [-0.1, -0.05) is 5.21 Å². The fourth-order valence-corrected chi connectivity index (χ4v) is 1.77. The van der Waals surface area contributed by atoms with Crippen LogP contribution in [0.15, 0.2) is 6.07 Å². The fourth-order valence-electron chi connectivity index (χ4n) is 1.77. The van der Waals surface area contributed by atoms with Crippen molar-refractivity contribution in [3.05, 3.63) is 23.3 Å². The molecular formula is C10H7F2N3O2. The van der Waals surface area contributed by atoms with Gasteiger partial charge in [-0.25, -0.2) is 18.3 Å². The van der Waals surface area contributed by atoms with E-state index in [-0.39, 0.29) is 17.1 Å². The van der Waals surface area contributed by atoms with Crippen molar-refractivity contribution < 1.29 is 18.7 Å².